The van der Waals surface area contributed by atoms with Gasteiger partial charge in [0.1, 0.15) is 17.2 Å². The minimum absolute atomic E-state index is 0.0292. The van der Waals surface area contributed by atoms with Gasteiger partial charge in [0, 0.05) is 19.4 Å². The second-order valence-corrected chi connectivity index (χ2v) is 6.12. The van der Waals surface area contributed by atoms with E-state index in [2.05, 4.69) is 14.8 Å². The van der Waals surface area contributed by atoms with Gasteiger partial charge in [-0.2, -0.15) is 0 Å². The molecule has 0 saturated carbocycles. The monoisotopic (exact) mass is 267 g/mol. The summed E-state index contributed by atoms with van der Waals surface area (Å²) in [6.45, 7) is 2.91. The largest absolute Gasteiger partial charge is 0.462 e. The van der Waals surface area contributed by atoms with Crippen molar-refractivity contribution in [1.82, 2.24) is 14.8 Å². The van der Waals surface area contributed by atoms with Gasteiger partial charge in [-0.15, -0.1) is 10.2 Å². The lowest BCUT2D eigenvalue weighted by molar-refractivity contribution is -0.140. The number of thioether (sulfide) groups is 1. The molecule has 0 N–H and O–H groups in total. The molecule has 98 valence electrons. The van der Waals surface area contributed by atoms with E-state index >= 15 is 0 Å². The van der Waals surface area contributed by atoms with Gasteiger partial charge in [0.2, 0.25) is 0 Å². The fourth-order valence-corrected chi connectivity index (χ4v) is 3.67. The number of hydrogen-bond acceptors (Lipinski definition) is 5. The Morgan fingerprint density at radius 1 is 1.33 bits per heavy atom. The first-order chi connectivity index (χ1) is 8.74. The number of aromatic nitrogens is 3. The molecular weight excluding hydrogens is 250 g/mol. The van der Waals surface area contributed by atoms with Crippen molar-refractivity contribution in [3.63, 3.8) is 0 Å². The number of aryl methyl sites for hydroxylation is 1. The molecule has 0 unspecified atom stereocenters. The normalized spacial score (nSPS) is 27.7. The van der Waals surface area contributed by atoms with Crippen LogP contribution in [0.25, 0.3) is 0 Å². The summed E-state index contributed by atoms with van der Waals surface area (Å²) < 4.78 is 7.35. The fourth-order valence-electron chi connectivity index (χ4n) is 2.49. The third kappa shape index (κ3) is 2.25. The summed E-state index contributed by atoms with van der Waals surface area (Å²) in [5.74, 6) is 0.952. The molecule has 3 rings (SSSR count). The number of cyclic esters (lactones) is 1. The molecule has 0 spiro atoms. The van der Waals surface area contributed by atoms with Crippen LogP contribution in [0.4, 0.5) is 0 Å². The van der Waals surface area contributed by atoms with Crippen molar-refractivity contribution in [2.75, 3.05) is 0 Å². The van der Waals surface area contributed by atoms with Crippen LogP contribution in [0.5, 0.6) is 0 Å². The van der Waals surface area contributed by atoms with Gasteiger partial charge >= 0.3 is 5.97 Å². The van der Waals surface area contributed by atoms with Crippen molar-refractivity contribution in [2.45, 2.75) is 62.1 Å². The highest BCUT2D eigenvalue weighted by molar-refractivity contribution is 8.00. The first-order valence-electron chi connectivity index (χ1n) is 6.53. The molecule has 1 aromatic rings. The summed E-state index contributed by atoms with van der Waals surface area (Å²) >= 11 is 1.51. The molecule has 1 fully saturated rings. The van der Waals surface area contributed by atoms with Crippen molar-refractivity contribution < 1.29 is 9.53 Å². The highest BCUT2D eigenvalue weighted by atomic mass is 32.2. The van der Waals surface area contributed by atoms with Crippen molar-refractivity contribution in [3.8, 4) is 0 Å². The summed E-state index contributed by atoms with van der Waals surface area (Å²) in [5.41, 5.74) is 0. The second-order valence-electron chi connectivity index (χ2n) is 4.95. The van der Waals surface area contributed by atoms with Gasteiger partial charge in [0.15, 0.2) is 5.16 Å². The second kappa shape index (κ2) is 4.91. The number of nitrogens with zero attached hydrogens (tertiary/aromatic N) is 3. The molecule has 0 aromatic carbocycles. The molecule has 0 radical (unpaired) electrons. The average molecular weight is 267 g/mol. The van der Waals surface area contributed by atoms with Gasteiger partial charge < -0.3 is 9.30 Å². The van der Waals surface area contributed by atoms with Crippen LogP contribution < -0.4 is 0 Å². The highest BCUT2D eigenvalue weighted by Crippen LogP contribution is 2.32. The molecule has 5 nitrogen and oxygen atoms in total. The van der Waals surface area contributed by atoms with Crippen LogP contribution in [-0.4, -0.2) is 32.1 Å². The number of carbonyl (C=O) groups is 1. The maximum absolute atomic E-state index is 11.6. The number of rotatable bonds is 2. The number of ether oxygens (including phenoxy) is 1. The minimum Gasteiger partial charge on any atom is -0.462 e. The molecule has 6 heteroatoms. The Hall–Kier alpha value is -1.04. The van der Waals surface area contributed by atoms with Crippen molar-refractivity contribution >= 4 is 17.7 Å². The first kappa shape index (κ1) is 12.0. The molecule has 2 atom stereocenters. The Kier molecular flexibility index (Phi) is 3.28. The molecule has 0 aliphatic carbocycles. The molecular formula is C12H17N3O2S. The number of carbonyl (C=O) groups excluding carboxylic acids is 1. The van der Waals surface area contributed by atoms with E-state index in [1.54, 1.807) is 0 Å². The van der Waals surface area contributed by atoms with Crippen molar-refractivity contribution in [2.24, 2.45) is 0 Å². The zero-order valence-electron chi connectivity index (χ0n) is 10.5. The summed E-state index contributed by atoms with van der Waals surface area (Å²) in [6.07, 6.45) is 5.40. The van der Waals surface area contributed by atoms with Crippen LogP contribution in [0.2, 0.25) is 0 Å². The number of fused-ring (bicyclic) bond motifs is 1. The van der Waals surface area contributed by atoms with E-state index in [0.29, 0.717) is 0 Å². The first-order valence-corrected chi connectivity index (χ1v) is 7.41. The Bertz CT molecular complexity index is 460. The molecule has 0 bridgehead atoms. The molecule has 2 aliphatic rings. The smallest absolute Gasteiger partial charge is 0.319 e. The zero-order valence-corrected chi connectivity index (χ0v) is 11.3. The molecule has 0 amide bonds. The third-order valence-corrected chi connectivity index (χ3v) is 4.63. The minimum atomic E-state index is -0.114. The van der Waals surface area contributed by atoms with Gasteiger partial charge in [0.25, 0.3) is 0 Å². The van der Waals surface area contributed by atoms with E-state index in [4.69, 9.17) is 4.74 Å². The lowest BCUT2D eigenvalue weighted by Crippen LogP contribution is -2.11. The van der Waals surface area contributed by atoms with Crippen molar-refractivity contribution in [3.05, 3.63) is 5.82 Å². The standard InChI is InChI=1S/C12H17N3O2S/c1-8-7-9(11(16)17-8)18-12-14-13-10-5-3-2-4-6-15(10)12/h8-9H,2-7H2,1H3/t8-,9-/m0/s1. The zero-order chi connectivity index (χ0) is 12.5. The summed E-state index contributed by atoms with van der Waals surface area (Å²) in [6, 6.07) is 0. The number of esters is 1. The number of hydrogen-bond donors (Lipinski definition) is 0. The van der Waals surface area contributed by atoms with Gasteiger partial charge in [0.05, 0.1) is 0 Å². The molecule has 1 saturated heterocycles. The van der Waals surface area contributed by atoms with Gasteiger partial charge in [-0.3, -0.25) is 4.79 Å². The maximum atomic E-state index is 11.6. The predicted molar refractivity (Wildman–Crippen MR) is 67.4 cm³/mol. The van der Waals surface area contributed by atoms with E-state index in [1.807, 2.05) is 6.92 Å². The Balaban J connectivity index is 1.77. The summed E-state index contributed by atoms with van der Waals surface area (Å²) in [4.78, 5) is 11.6. The van der Waals surface area contributed by atoms with E-state index in [1.165, 1.54) is 31.0 Å². The van der Waals surface area contributed by atoms with Crippen LogP contribution in [0, 0.1) is 0 Å². The molecule has 1 aromatic heterocycles. The van der Waals surface area contributed by atoms with E-state index in [0.717, 1.165) is 30.4 Å². The van der Waals surface area contributed by atoms with E-state index in [9.17, 15) is 4.79 Å². The van der Waals surface area contributed by atoms with Gasteiger partial charge in [-0.1, -0.05) is 18.2 Å². The SMILES string of the molecule is C[C@H]1C[C@H](Sc2nnc3n2CCCCC3)C(=O)O1. The van der Waals surface area contributed by atoms with Crippen LogP contribution in [-0.2, 0) is 22.5 Å². The summed E-state index contributed by atoms with van der Waals surface area (Å²) in [7, 11) is 0. The van der Waals surface area contributed by atoms with Crippen LogP contribution >= 0.6 is 11.8 Å². The maximum Gasteiger partial charge on any atom is 0.319 e. The van der Waals surface area contributed by atoms with Gasteiger partial charge in [-0.25, -0.2) is 0 Å². The average Bonchev–Trinajstić information content (AvgIpc) is 2.75. The Morgan fingerprint density at radius 3 is 3.00 bits per heavy atom. The Morgan fingerprint density at radius 2 is 2.22 bits per heavy atom. The highest BCUT2D eigenvalue weighted by Gasteiger charge is 2.34. The molecule has 2 aliphatic heterocycles. The molecule has 3 heterocycles. The van der Waals surface area contributed by atoms with E-state index in [-0.39, 0.29) is 17.3 Å². The quantitative estimate of drug-likeness (QED) is 0.765. The topological polar surface area (TPSA) is 57.0 Å². The van der Waals surface area contributed by atoms with Crippen LogP contribution in [0.1, 0.15) is 38.4 Å². The third-order valence-electron chi connectivity index (χ3n) is 3.45. The lowest BCUT2D eigenvalue weighted by atomic mass is 10.2. The van der Waals surface area contributed by atoms with Crippen LogP contribution in [0.15, 0.2) is 5.16 Å². The lowest BCUT2D eigenvalue weighted by Gasteiger charge is -2.08. The van der Waals surface area contributed by atoms with Crippen LogP contribution in [0.3, 0.4) is 0 Å². The van der Waals surface area contributed by atoms with Crippen molar-refractivity contribution in [1.29, 1.82) is 0 Å². The summed E-state index contributed by atoms with van der Waals surface area (Å²) in [5, 5.41) is 9.24. The molecule has 18 heavy (non-hydrogen) atoms. The van der Waals surface area contributed by atoms with Gasteiger partial charge in [-0.05, 0) is 19.8 Å². The fraction of sp³-hybridized carbons (Fsp3) is 0.750. The predicted octanol–water partition coefficient (Wildman–Crippen LogP) is 1.80. The van der Waals surface area contributed by atoms with E-state index < -0.39 is 0 Å². The Labute approximate surface area is 110 Å².